The molecular weight excluding hydrogens is 278 g/mol. The highest BCUT2D eigenvalue weighted by Gasteiger charge is 2.22. The number of hydrogen-bond donors (Lipinski definition) is 1. The molecule has 4 heteroatoms. The van der Waals surface area contributed by atoms with Crippen LogP contribution in [-0.4, -0.2) is 11.6 Å². The van der Waals surface area contributed by atoms with E-state index >= 15 is 0 Å². The van der Waals surface area contributed by atoms with E-state index in [1.54, 1.807) is 0 Å². The SMILES string of the molecule is S=C1COC(c2ccccc2)c2cc(Cl)ccc2N1. The van der Waals surface area contributed by atoms with E-state index in [1.807, 2.05) is 48.5 Å². The number of benzene rings is 2. The maximum atomic E-state index is 6.10. The molecule has 19 heavy (non-hydrogen) atoms. The van der Waals surface area contributed by atoms with Gasteiger partial charge in [-0.2, -0.15) is 0 Å². The van der Waals surface area contributed by atoms with Gasteiger partial charge in [-0.05, 0) is 23.8 Å². The zero-order valence-corrected chi connectivity index (χ0v) is 11.7. The second kappa shape index (κ2) is 5.29. The van der Waals surface area contributed by atoms with Crippen LogP contribution in [0.3, 0.4) is 0 Å². The Morgan fingerprint density at radius 1 is 1.16 bits per heavy atom. The average molecular weight is 290 g/mol. The molecule has 3 rings (SSSR count). The molecule has 2 aromatic rings. The van der Waals surface area contributed by atoms with Gasteiger partial charge in [-0.1, -0.05) is 54.2 Å². The molecule has 0 aliphatic carbocycles. The number of fused-ring (bicyclic) bond motifs is 1. The van der Waals surface area contributed by atoms with E-state index in [0.29, 0.717) is 16.6 Å². The molecule has 1 aliphatic rings. The van der Waals surface area contributed by atoms with Crippen molar-refractivity contribution in [3.8, 4) is 0 Å². The Hall–Kier alpha value is -1.42. The Morgan fingerprint density at radius 3 is 2.74 bits per heavy atom. The van der Waals surface area contributed by atoms with E-state index in [1.165, 1.54) is 0 Å². The lowest BCUT2D eigenvalue weighted by Crippen LogP contribution is -2.13. The van der Waals surface area contributed by atoms with Crippen molar-refractivity contribution < 1.29 is 4.74 Å². The van der Waals surface area contributed by atoms with E-state index in [-0.39, 0.29) is 6.10 Å². The first-order valence-electron chi connectivity index (χ1n) is 6.00. The van der Waals surface area contributed by atoms with Crippen molar-refractivity contribution in [3.63, 3.8) is 0 Å². The molecule has 1 heterocycles. The van der Waals surface area contributed by atoms with Crippen LogP contribution in [0.15, 0.2) is 48.5 Å². The van der Waals surface area contributed by atoms with Gasteiger partial charge in [0.1, 0.15) is 11.1 Å². The van der Waals surface area contributed by atoms with Crippen LogP contribution in [0.5, 0.6) is 0 Å². The van der Waals surface area contributed by atoms with Gasteiger partial charge in [0.05, 0.1) is 6.61 Å². The Labute approximate surface area is 122 Å². The molecule has 1 aliphatic heterocycles. The first kappa shape index (κ1) is 12.6. The fourth-order valence-corrected chi connectivity index (χ4v) is 2.56. The summed E-state index contributed by atoms with van der Waals surface area (Å²) in [6, 6.07) is 15.8. The van der Waals surface area contributed by atoms with Crippen molar-refractivity contribution in [3.05, 3.63) is 64.7 Å². The van der Waals surface area contributed by atoms with Crippen LogP contribution >= 0.6 is 23.8 Å². The van der Waals surface area contributed by atoms with Crippen LogP contribution in [-0.2, 0) is 4.74 Å². The molecule has 2 aromatic carbocycles. The minimum atomic E-state index is -0.150. The summed E-state index contributed by atoms with van der Waals surface area (Å²) in [5.41, 5.74) is 3.07. The molecule has 0 saturated heterocycles. The second-order valence-electron chi connectivity index (χ2n) is 4.38. The summed E-state index contributed by atoms with van der Waals surface area (Å²) < 4.78 is 5.92. The molecule has 1 atom stereocenters. The van der Waals surface area contributed by atoms with Crippen molar-refractivity contribution in [1.82, 2.24) is 0 Å². The Bertz CT molecular complexity index is 615. The highest BCUT2D eigenvalue weighted by Crippen LogP contribution is 2.35. The Morgan fingerprint density at radius 2 is 1.95 bits per heavy atom. The van der Waals surface area contributed by atoms with Crippen molar-refractivity contribution in [2.75, 3.05) is 11.9 Å². The lowest BCUT2D eigenvalue weighted by atomic mass is 10.00. The first-order chi connectivity index (χ1) is 9.24. The second-order valence-corrected chi connectivity index (χ2v) is 5.31. The summed E-state index contributed by atoms with van der Waals surface area (Å²) in [7, 11) is 0. The highest BCUT2D eigenvalue weighted by atomic mass is 35.5. The standard InChI is InChI=1S/C15H12ClNOS/c16-11-6-7-13-12(8-11)15(18-9-14(19)17-13)10-4-2-1-3-5-10/h1-8,15H,9H2,(H,17,19). The molecule has 0 spiro atoms. The largest absolute Gasteiger partial charge is 0.362 e. The van der Waals surface area contributed by atoms with Crippen molar-refractivity contribution in [1.29, 1.82) is 0 Å². The monoisotopic (exact) mass is 289 g/mol. The minimum Gasteiger partial charge on any atom is -0.362 e. The van der Waals surface area contributed by atoms with Gasteiger partial charge in [0.25, 0.3) is 0 Å². The molecule has 2 nitrogen and oxygen atoms in total. The zero-order chi connectivity index (χ0) is 13.2. The van der Waals surface area contributed by atoms with Crippen LogP contribution < -0.4 is 5.32 Å². The van der Waals surface area contributed by atoms with Gasteiger partial charge >= 0.3 is 0 Å². The lowest BCUT2D eigenvalue weighted by Gasteiger charge is -2.17. The minimum absolute atomic E-state index is 0.150. The summed E-state index contributed by atoms with van der Waals surface area (Å²) in [4.78, 5) is 0.682. The van der Waals surface area contributed by atoms with Crippen LogP contribution in [0.4, 0.5) is 5.69 Å². The quantitative estimate of drug-likeness (QED) is 0.795. The highest BCUT2D eigenvalue weighted by molar-refractivity contribution is 7.80. The number of anilines is 1. The van der Waals surface area contributed by atoms with E-state index in [4.69, 9.17) is 28.6 Å². The number of hydrogen-bond acceptors (Lipinski definition) is 2. The molecule has 0 aromatic heterocycles. The van der Waals surface area contributed by atoms with E-state index in [9.17, 15) is 0 Å². The van der Waals surface area contributed by atoms with Gasteiger partial charge in [-0.3, -0.25) is 0 Å². The first-order valence-corrected chi connectivity index (χ1v) is 6.78. The molecule has 1 unspecified atom stereocenters. The number of thiocarbonyl (C=S) groups is 1. The van der Waals surface area contributed by atoms with Crippen LogP contribution in [0.25, 0.3) is 0 Å². The summed E-state index contributed by atoms with van der Waals surface area (Å²) in [5, 5.41) is 3.89. The third-order valence-corrected chi connectivity index (χ3v) is 3.51. The number of nitrogens with one attached hydrogen (secondary N) is 1. The number of ether oxygens (including phenoxy) is 1. The smallest absolute Gasteiger partial charge is 0.110 e. The molecule has 1 N–H and O–H groups in total. The molecule has 0 radical (unpaired) electrons. The normalized spacial score (nSPS) is 18.4. The van der Waals surface area contributed by atoms with Gasteiger partial charge in [-0.25, -0.2) is 0 Å². The van der Waals surface area contributed by atoms with E-state index in [0.717, 1.165) is 16.8 Å². The van der Waals surface area contributed by atoms with E-state index < -0.39 is 0 Å². The third-order valence-electron chi connectivity index (χ3n) is 3.05. The molecule has 96 valence electrons. The topological polar surface area (TPSA) is 21.3 Å². The average Bonchev–Trinajstić information content (AvgIpc) is 2.58. The summed E-state index contributed by atoms with van der Waals surface area (Å²) in [6.45, 7) is 0.404. The van der Waals surface area contributed by atoms with Crippen molar-refractivity contribution in [2.24, 2.45) is 0 Å². The summed E-state index contributed by atoms with van der Waals surface area (Å²) in [5.74, 6) is 0. The third kappa shape index (κ3) is 2.63. The summed E-state index contributed by atoms with van der Waals surface area (Å²) >= 11 is 11.3. The lowest BCUT2D eigenvalue weighted by molar-refractivity contribution is 0.116. The maximum Gasteiger partial charge on any atom is 0.110 e. The van der Waals surface area contributed by atoms with Gasteiger partial charge in [0.15, 0.2) is 0 Å². The van der Waals surface area contributed by atoms with Crippen LogP contribution in [0.2, 0.25) is 5.02 Å². The van der Waals surface area contributed by atoms with E-state index in [2.05, 4.69) is 5.32 Å². The predicted molar refractivity (Wildman–Crippen MR) is 81.9 cm³/mol. The summed E-state index contributed by atoms with van der Waals surface area (Å²) in [6.07, 6.45) is -0.150. The van der Waals surface area contributed by atoms with Crippen LogP contribution in [0.1, 0.15) is 17.2 Å². The van der Waals surface area contributed by atoms with Crippen molar-refractivity contribution in [2.45, 2.75) is 6.10 Å². The van der Waals surface area contributed by atoms with Gasteiger partial charge in [0, 0.05) is 16.3 Å². The van der Waals surface area contributed by atoms with Crippen LogP contribution in [0, 0.1) is 0 Å². The fourth-order valence-electron chi connectivity index (χ4n) is 2.20. The number of halogens is 1. The number of rotatable bonds is 1. The van der Waals surface area contributed by atoms with Crippen molar-refractivity contribution >= 4 is 34.5 Å². The molecule has 0 saturated carbocycles. The van der Waals surface area contributed by atoms with Gasteiger partial charge < -0.3 is 10.1 Å². The molecule has 0 bridgehead atoms. The predicted octanol–water partition coefficient (Wildman–Crippen LogP) is 4.20. The zero-order valence-electron chi connectivity index (χ0n) is 10.1. The molecule has 0 fully saturated rings. The fraction of sp³-hybridized carbons (Fsp3) is 0.133. The maximum absolute atomic E-state index is 6.10. The van der Waals surface area contributed by atoms with Gasteiger partial charge in [-0.15, -0.1) is 0 Å². The Kier molecular flexibility index (Phi) is 3.51. The Balaban J connectivity index is 2.11. The van der Waals surface area contributed by atoms with Gasteiger partial charge in [0.2, 0.25) is 0 Å². The molecule has 0 amide bonds. The molecular formula is C15H12ClNOS.